The van der Waals surface area contributed by atoms with Gasteiger partial charge in [0.25, 0.3) is 0 Å². The Labute approximate surface area is 66.7 Å². The number of thiol groups is 1. The zero-order chi connectivity index (χ0) is 7.56. The molecule has 0 unspecified atom stereocenters. The second-order valence-corrected chi connectivity index (χ2v) is 2.44. The van der Waals surface area contributed by atoms with E-state index < -0.39 is 5.12 Å². The molecule has 0 amide bonds. The van der Waals surface area contributed by atoms with Gasteiger partial charge < -0.3 is 0 Å². The first kappa shape index (κ1) is 7.42. The van der Waals surface area contributed by atoms with E-state index in [1.807, 2.05) is 0 Å². The average molecular weight is 167 g/mol. The molecule has 3 radical (unpaired) electrons. The van der Waals surface area contributed by atoms with Crippen LogP contribution in [0.3, 0.4) is 0 Å². The van der Waals surface area contributed by atoms with Gasteiger partial charge in [-0.15, -0.1) is 0 Å². The van der Waals surface area contributed by atoms with E-state index in [-0.39, 0.29) is 5.69 Å². The maximum atomic E-state index is 10.6. The molecule has 5 heteroatoms. The van der Waals surface area contributed by atoms with Gasteiger partial charge in [-0.25, -0.2) is 4.98 Å². The first-order chi connectivity index (χ1) is 4.72. The summed E-state index contributed by atoms with van der Waals surface area (Å²) >= 11 is 3.58. The summed E-state index contributed by atoms with van der Waals surface area (Å²) in [6, 6.07) is 0. The molecule has 0 spiro atoms. The summed E-state index contributed by atoms with van der Waals surface area (Å²) in [6.45, 7) is 0. The Bertz CT molecular complexity index is 266. The van der Waals surface area contributed by atoms with E-state index >= 15 is 0 Å². The molecule has 0 aromatic carbocycles. The van der Waals surface area contributed by atoms with Crippen molar-refractivity contribution in [3.05, 3.63) is 18.1 Å². The van der Waals surface area contributed by atoms with Gasteiger partial charge >= 0.3 is 0 Å². The zero-order valence-electron chi connectivity index (χ0n) is 4.90. The topological polar surface area (TPSA) is 42.9 Å². The van der Waals surface area contributed by atoms with Crippen LogP contribution in [0.15, 0.2) is 12.4 Å². The highest BCUT2D eigenvalue weighted by atomic mass is 32.1. The minimum Gasteiger partial charge on any atom is -0.280 e. The van der Waals surface area contributed by atoms with Crippen LogP contribution in [0.1, 0.15) is 10.5 Å². The van der Waals surface area contributed by atoms with Crippen molar-refractivity contribution in [3.63, 3.8) is 0 Å². The zero-order valence-corrected chi connectivity index (χ0v) is 6.80. The van der Waals surface area contributed by atoms with Gasteiger partial charge in [0.15, 0.2) is 0 Å². The third-order valence-electron chi connectivity index (χ3n) is 0.901. The lowest BCUT2D eigenvalue weighted by Gasteiger charge is -1.94. The first-order valence-corrected chi connectivity index (χ1v) is 3.42. The number of hydrogen-bond acceptors (Lipinski definition) is 3. The molecule has 0 aliphatic rings. The number of nitrogens with zero attached hydrogens (tertiary/aromatic N) is 2. The molecule has 1 aromatic heterocycles. The number of carbonyl (C=O) groups excluding carboxylic acids is 1. The highest BCUT2D eigenvalue weighted by molar-refractivity contribution is 7.97. The van der Waals surface area contributed by atoms with Crippen molar-refractivity contribution in [3.8, 4) is 0 Å². The molecule has 0 saturated carbocycles. The maximum absolute atomic E-state index is 10.6. The summed E-state index contributed by atoms with van der Waals surface area (Å²) in [7, 11) is 3.10. The lowest BCUT2D eigenvalue weighted by molar-refractivity contribution is 0.108. The standard InChI is InChI=1S/C5H3N2OSSi/c8-5(9)3-4(10)7-2-1-6-3/h1-2H,(H,8,9). The Morgan fingerprint density at radius 1 is 1.50 bits per heavy atom. The Balaban J connectivity index is 3.15. The van der Waals surface area contributed by atoms with Gasteiger partial charge in [-0.2, -0.15) is 0 Å². The average Bonchev–Trinajstić information content (AvgIpc) is 1.88. The van der Waals surface area contributed by atoms with Crippen molar-refractivity contribution in [1.82, 2.24) is 9.97 Å². The Hall–Kier alpha value is -0.683. The minimum absolute atomic E-state index is 0.238. The van der Waals surface area contributed by atoms with E-state index in [0.29, 0.717) is 5.32 Å². The monoisotopic (exact) mass is 167 g/mol. The van der Waals surface area contributed by atoms with Crippen LogP contribution in [0, 0.1) is 0 Å². The summed E-state index contributed by atoms with van der Waals surface area (Å²) in [5.74, 6) is 0. The summed E-state index contributed by atoms with van der Waals surface area (Å²) in [5, 5.41) is 0.0283. The van der Waals surface area contributed by atoms with Crippen molar-refractivity contribution in [2.75, 3.05) is 0 Å². The maximum Gasteiger partial charge on any atom is 0.236 e. The van der Waals surface area contributed by atoms with Gasteiger partial charge in [0, 0.05) is 17.7 Å². The highest BCUT2D eigenvalue weighted by Crippen LogP contribution is 1.91. The van der Waals surface area contributed by atoms with Gasteiger partial charge in [0.2, 0.25) is 5.12 Å². The quantitative estimate of drug-likeness (QED) is 0.446. The fourth-order valence-electron chi connectivity index (χ4n) is 0.495. The highest BCUT2D eigenvalue weighted by Gasteiger charge is 2.04. The smallest absolute Gasteiger partial charge is 0.236 e. The van der Waals surface area contributed by atoms with Crippen molar-refractivity contribution < 1.29 is 4.79 Å². The van der Waals surface area contributed by atoms with Crippen LogP contribution in [-0.4, -0.2) is 25.3 Å². The predicted octanol–water partition coefficient (Wildman–Crippen LogP) is -0.660. The molecule has 0 atom stereocenters. The summed E-state index contributed by atoms with van der Waals surface area (Å²) in [4.78, 5) is 18.1. The molecule has 0 aliphatic heterocycles. The first-order valence-electron chi connectivity index (χ1n) is 2.47. The number of aromatic nitrogens is 2. The fraction of sp³-hybridized carbons (Fsp3) is 0. The largest absolute Gasteiger partial charge is 0.280 e. The molecule has 1 aromatic rings. The van der Waals surface area contributed by atoms with E-state index in [0.717, 1.165) is 0 Å². The van der Waals surface area contributed by atoms with Gasteiger partial charge in [0.05, 0.1) is 0 Å². The molecule has 3 nitrogen and oxygen atoms in total. The number of carbonyl (C=O) groups is 1. The van der Waals surface area contributed by atoms with Crippen LogP contribution in [0.5, 0.6) is 0 Å². The molecule has 1 rings (SSSR count). The molecule has 49 valence electrons. The van der Waals surface area contributed by atoms with Crippen LogP contribution in [-0.2, 0) is 0 Å². The van der Waals surface area contributed by atoms with Crippen LogP contribution in [0.2, 0.25) is 0 Å². The molecule has 0 fully saturated rings. The Kier molecular flexibility index (Phi) is 2.18. The molecule has 0 N–H and O–H groups in total. The summed E-state index contributed by atoms with van der Waals surface area (Å²) < 4.78 is 0. The lowest BCUT2D eigenvalue weighted by atomic mass is 10.5. The number of hydrogen-bond donors (Lipinski definition) is 1. The van der Waals surface area contributed by atoms with E-state index in [2.05, 4.69) is 32.8 Å². The van der Waals surface area contributed by atoms with Gasteiger partial charge in [-0.1, -0.05) is 12.6 Å². The van der Waals surface area contributed by atoms with Crippen LogP contribution >= 0.6 is 12.6 Å². The molecule has 0 saturated heterocycles. The second-order valence-electron chi connectivity index (χ2n) is 1.56. The second kappa shape index (κ2) is 2.94. The summed E-state index contributed by atoms with van der Waals surface area (Å²) in [6.07, 6.45) is 2.93. The van der Waals surface area contributed by atoms with E-state index in [4.69, 9.17) is 0 Å². The Morgan fingerprint density at radius 3 is 2.50 bits per heavy atom. The van der Waals surface area contributed by atoms with Gasteiger partial charge in [0.1, 0.15) is 15.9 Å². The SMILES string of the molecule is O=C(S)c1nccnc1[Si]. The lowest BCUT2D eigenvalue weighted by Crippen LogP contribution is -2.18. The van der Waals surface area contributed by atoms with E-state index in [9.17, 15) is 4.79 Å². The Morgan fingerprint density at radius 2 is 2.10 bits per heavy atom. The molecule has 0 aliphatic carbocycles. The predicted molar refractivity (Wildman–Crippen MR) is 40.7 cm³/mol. The van der Waals surface area contributed by atoms with Crippen LogP contribution in [0.4, 0.5) is 0 Å². The molecule has 10 heavy (non-hydrogen) atoms. The van der Waals surface area contributed by atoms with E-state index in [1.165, 1.54) is 12.4 Å². The van der Waals surface area contributed by atoms with Gasteiger partial charge in [-0.05, 0) is 0 Å². The van der Waals surface area contributed by atoms with Crippen LogP contribution < -0.4 is 5.32 Å². The molecular formula is C5H3N2OSSi. The van der Waals surface area contributed by atoms with Gasteiger partial charge in [-0.3, -0.25) is 9.78 Å². The minimum atomic E-state index is -0.391. The molecular weight excluding hydrogens is 164 g/mol. The van der Waals surface area contributed by atoms with Crippen molar-refractivity contribution >= 4 is 33.3 Å². The fourth-order valence-corrected chi connectivity index (χ4v) is 1.02. The van der Waals surface area contributed by atoms with Crippen molar-refractivity contribution in [2.24, 2.45) is 0 Å². The third kappa shape index (κ3) is 1.42. The third-order valence-corrected chi connectivity index (χ3v) is 1.48. The van der Waals surface area contributed by atoms with E-state index in [1.54, 1.807) is 0 Å². The van der Waals surface area contributed by atoms with Crippen molar-refractivity contribution in [1.29, 1.82) is 0 Å². The number of rotatable bonds is 1. The normalized spacial score (nSPS) is 9.40. The summed E-state index contributed by atoms with van der Waals surface area (Å²) in [5.41, 5.74) is 0.238. The molecule has 1 heterocycles. The van der Waals surface area contributed by atoms with Crippen molar-refractivity contribution in [2.45, 2.75) is 0 Å². The molecule has 0 bridgehead atoms. The van der Waals surface area contributed by atoms with Crippen LogP contribution in [0.25, 0.3) is 0 Å².